The van der Waals surface area contributed by atoms with Gasteiger partial charge in [-0.1, -0.05) is 40.8 Å². The van der Waals surface area contributed by atoms with Gasteiger partial charge >= 0.3 is 0 Å². The molecule has 0 amide bonds. The largest absolute Gasteiger partial charge is 0.504 e. The number of benzene rings is 2. The van der Waals surface area contributed by atoms with Crippen LogP contribution in [0.3, 0.4) is 0 Å². The molecule has 0 bridgehead atoms. The van der Waals surface area contributed by atoms with Crippen molar-refractivity contribution in [3.05, 3.63) is 53.1 Å². The monoisotopic (exact) mass is 393 g/mol. The first-order valence-electron chi connectivity index (χ1n) is 7.05. The number of halogens is 1. The summed E-state index contributed by atoms with van der Waals surface area (Å²) in [5, 5.41) is 31.1. The van der Waals surface area contributed by atoms with E-state index in [2.05, 4.69) is 15.5 Å². The summed E-state index contributed by atoms with van der Waals surface area (Å²) in [6, 6.07) is 11.2. The molecule has 1 aromatic heterocycles. The van der Waals surface area contributed by atoms with Crippen molar-refractivity contribution in [3.63, 3.8) is 0 Å². The molecule has 0 atom stereocenters. The molecule has 0 saturated carbocycles. The van der Waals surface area contributed by atoms with Gasteiger partial charge in [-0.2, -0.15) is 0 Å². The van der Waals surface area contributed by atoms with E-state index < -0.39 is 0 Å². The summed E-state index contributed by atoms with van der Waals surface area (Å²) < 4.78 is 0.640. The van der Waals surface area contributed by atoms with Crippen molar-refractivity contribution >= 4 is 51.3 Å². The minimum absolute atomic E-state index is 0.149. The van der Waals surface area contributed by atoms with Crippen molar-refractivity contribution in [1.82, 2.24) is 10.2 Å². The zero-order chi connectivity index (χ0) is 17.8. The van der Waals surface area contributed by atoms with Gasteiger partial charge in [-0.25, -0.2) is 0 Å². The first-order chi connectivity index (χ1) is 12.0. The van der Waals surface area contributed by atoms with E-state index in [0.717, 1.165) is 5.69 Å². The zero-order valence-corrected chi connectivity index (χ0v) is 15.0. The Morgan fingerprint density at radius 3 is 2.76 bits per heavy atom. The number of carbonyl (C=O) groups is 1. The van der Waals surface area contributed by atoms with Crippen molar-refractivity contribution in [2.75, 3.05) is 11.1 Å². The fourth-order valence-electron chi connectivity index (χ4n) is 1.92. The second kappa shape index (κ2) is 7.73. The normalized spacial score (nSPS) is 10.6. The fourth-order valence-corrected chi connectivity index (χ4v) is 3.77. The molecule has 128 valence electrons. The van der Waals surface area contributed by atoms with Crippen molar-refractivity contribution in [1.29, 1.82) is 0 Å². The molecular formula is C16H12ClN3O3S2. The van der Waals surface area contributed by atoms with Crippen LogP contribution < -0.4 is 5.32 Å². The maximum Gasteiger partial charge on any atom is 0.210 e. The van der Waals surface area contributed by atoms with Crippen LogP contribution in [-0.2, 0) is 0 Å². The third-order valence-corrected chi connectivity index (χ3v) is 5.31. The van der Waals surface area contributed by atoms with Crippen molar-refractivity contribution in [2.45, 2.75) is 4.34 Å². The molecule has 3 N–H and O–H groups in total. The van der Waals surface area contributed by atoms with E-state index in [9.17, 15) is 15.0 Å². The molecule has 2 aromatic carbocycles. The van der Waals surface area contributed by atoms with E-state index in [1.54, 1.807) is 12.1 Å². The highest BCUT2D eigenvalue weighted by atomic mass is 35.5. The van der Waals surface area contributed by atoms with E-state index in [0.29, 0.717) is 20.1 Å². The first-order valence-corrected chi connectivity index (χ1v) is 9.23. The number of nitrogens with zero attached hydrogens (tertiary/aromatic N) is 2. The van der Waals surface area contributed by atoms with Crippen LogP contribution in [0.1, 0.15) is 10.4 Å². The Morgan fingerprint density at radius 2 is 2.00 bits per heavy atom. The molecule has 3 aromatic rings. The molecule has 0 unspecified atom stereocenters. The van der Waals surface area contributed by atoms with Crippen LogP contribution in [0.25, 0.3) is 0 Å². The minimum Gasteiger partial charge on any atom is -0.504 e. The van der Waals surface area contributed by atoms with Crippen LogP contribution in [0.15, 0.2) is 46.8 Å². The summed E-state index contributed by atoms with van der Waals surface area (Å²) in [7, 11) is 0. The number of aromatic nitrogens is 2. The number of ketones is 1. The lowest BCUT2D eigenvalue weighted by molar-refractivity contribution is 0.102. The Morgan fingerprint density at radius 1 is 1.16 bits per heavy atom. The molecule has 3 rings (SSSR count). The van der Waals surface area contributed by atoms with Gasteiger partial charge in [0.1, 0.15) is 0 Å². The highest BCUT2D eigenvalue weighted by molar-refractivity contribution is 8.01. The van der Waals surface area contributed by atoms with Gasteiger partial charge in [0, 0.05) is 16.3 Å². The average molecular weight is 394 g/mol. The molecule has 0 aliphatic rings. The molecule has 0 saturated heterocycles. The predicted molar refractivity (Wildman–Crippen MR) is 99.5 cm³/mol. The summed E-state index contributed by atoms with van der Waals surface area (Å²) in [6.07, 6.45) is 0. The summed E-state index contributed by atoms with van der Waals surface area (Å²) >= 11 is 8.51. The van der Waals surface area contributed by atoms with Gasteiger partial charge in [0.05, 0.1) is 5.75 Å². The van der Waals surface area contributed by atoms with Gasteiger partial charge in [0.2, 0.25) is 5.13 Å². The van der Waals surface area contributed by atoms with Gasteiger partial charge in [0.15, 0.2) is 21.6 Å². The van der Waals surface area contributed by atoms with E-state index in [1.807, 2.05) is 12.1 Å². The van der Waals surface area contributed by atoms with Crippen LogP contribution in [0.5, 0.6) is 11.5 Å². The second-order valence-corrected chi connectivity index (χ2v) is 7.56. The van der Waals surface area contributed by atoms with Gasteiger partial charge in [-0.05, 0) is 36.4 Å². The molecular weight excluding hydrogens is 382 g/mol. The number of phenolic OH excluding ortho intramolecular Hbond substituents is 2. The molecule has 25 heavy (non-hydrogen) atoms. The molecule has 0 spiro atoms. The average Bonchev–Trinajstić information content (AvgIpc) is 3.02. The number of rotatable bonds is 6. The molecule has 6 nitrogen and oxygen atoms in total. The van der Waals surface area contributed by atoms with Crippen LogP contribution in [-0.4, -0.2) is 31.9 Å². The predicted octanol–water partition coefficient (Wildman–Crippen LogP) is 4.32. The smallest absolute Gasteiger partial charge is 0.210 e. The van der Waals surface area contributed by atoms with Gasteiger partial charge in [-0.3, -0.25) is 4.79 Å². The van der Waals surface area contributed by atoms with Gasteiger partial charge in [-0.15, -0.1) is 10.2 Å². The van der Waals surface area contributed by atoms with Crippen LogP contribution in [0.2, 0.25) is 5.02 Å². The molecule has 1 heterocycles. The van der Waals surface area contributed by atoms with E-state index in [1.165, 1.54) is 41.3 Å². The van der Waals surface area contributed by atoms with Crippen LogP contribution in [0.4, 0.5) is 10.8 Å². The number of thioether (sulfide) groups is 1. The van der Waals surface area contributed by atoms with E-state index in [-0.39, 0.29) is 23.0 Å². The van der Waals surface area contributed by atoms with Crippen molar-refractivity contribution in [2.24, 2.45) is 0 Å². The lowest BCUT2D eigenvalue weighted by Crippen LogP contribution is -2.01. The topological polar surface area (TPSA) is 95.3 Å². The van der Waals surface area contributed by atoms with E-state index in [4.69, 9.17) is 11.6 Å². The second-order valence-electron chi connectivity index (χ2n) is 4.92. The number of Topliss-reactive ketones (excluding diaryl/α,β-unsaturated/α-hetero) is 1. The van der Waals surface area contributed by atoms with Gasteiger partial charge in [0.25, 0.3) is 0 Å². The van der Waals surface area contributed by atoms with Crippen molar-refractivity contribution in [3.8, 4) is 11.5 Å². The fraction of sp³-hybridized carbons (Fsp3) is 0.0625. The maximum atomic E-state index is 12.1. The first kappa shape index (κ1) is 17.5. The number of hydrogen-bond acceptors (Lipinski definition) is 8. The van der Waals surface area contributed by atoms with Crippen molar-refractivity contribution < 1.29 is 15.0 Å². The number of hydrogen-bond donors (Lipinski definition) is 3. The number of aromatic hydroxyl groups is 2. The Balaban J connectivity index is 1.59. The summed E-state index contributed by atoms with van der Waals surface area (Å²) in [5.74, 6) is -0.611. The Kier molecular flexibility index (Phi) is 5.42. The maximum absolute atomic E-state index is 12.1. The molecule has 0 fully saturated rings. The Bertz CT molecular complexity index is 917. The number of phenols is 2. The molecule has 9 heteroatoms. The number of nitrogens with one attached hydrogen (secondary N) is 1. The Hall–Kier alpha value is -2.29. The third kappa shape index (κ3) is 4.62. The standard InChI is InChI=1S/C16H12ClN3O3S2/c17-10-2-1-3-11(7-10)18-15-19-20-16(25-15)24-8-14(23)9-4-5-12(21)13(22)6-9/h1-7,21-22H,8H2,(H,18,19). The molecule has 0 aliphatic carbocycles. The summed E-state index contributed by atoms with van der Waals surface area (Å²) in [4.78, 5) is 12.1. The lowest BCUT2D eigenvalue weighted by atomic mass is 10.1. The van der Waals surface area contributed by atoms with Gasteiger partial charge < -0.3 is 15.5 Å². The summed E-state index contributed by atoms with van der Waals surface area (Å²) in [6.45, 7) is 0. The van der Waals surface area contributed by atoms with Crippen LogP contribution in [0, 0.1) is 0 Å². The third-order valence-electron chi connectivity index (χ3n) is 3.11. The Labute approximate surface area is 156 Å². The highest BCUT2D eigenvalue weighted by Crippen LogP contribution is 2.30. The highest BCUT2D eigenvalue weighted by Gasteiger charge is 2.12. The number of anilines is 2. The molecule has 0 aliphatic heterocycles. The van der Waals surface area contributed by atoms with Crippen LogP contribution >= 0.6 is 34.7 Å². The van der Waals surface area contributed by atoms with E-state index >= 15 is 0 Å². The lowest BCUT2D eigenvalue weighted by Gasteiger charge is -2.02. The zero-order valence-electron chi connectivity index (χ0n) is 12.6. The summed E-state index contributed by atoms with van der Waals surface area (Å²) in [5.41, 5.74) is 1.13. The number of carbonyl (C=O) groups excluding carboxylic acids is 1. The minimum atomic E-state index is -0.320. The molecule has 0 radical (unpaired) electrons. The SMILES string of the molecule is O=C(CSc1nnc(Nc2cccc(Cl)c2)s1)c1ccc(O)c(O)c1. The quantitative estimate of drug-likeness (QED) is 0.326.